The Balaban J connectivity index is 1.43. The Morgan fingerprint density at radius 2 is 1.24 bits per heavy atom. The van der Waals surface area contributed by atoms with E-state index in [0.717, 1.165) is 94.0 Å². The topological polar surface area (TPSA) is 57.0 Å². The van der Waals surface area contributed by atoms with Crippen LogP contribution in [0.5, 0.6) is 0 Å². The van der Waals surface area contributed by atoms with Gasteiger partial charge in [0.25, 0.3) is 0 Å². The molecule has 4 aromatic heterocycles. The molecule has 5 nitrogen and oxygen atoms in total. The quantitative estimate of drug-likeness (QED) is 0.187. The molecule has 10 aromatic rings. The van der Waals surface area contributed by atoms with Crippen molar-refractivity contribution in [2.45, 2.75) is 20.8 Å². The van der Waals surface area contributed by atoms with Crippen molar-refractivity contribution in [2.75, 3.05) is 0 Å². The van der Waals surface area contributed by atoms with Crippen LogP contribution >= 0.6 is 0 Å². The summed E-state index contributed by atoms with van der Waals surface area (Å²) in [7, 11) is 0. The van der Waals surface area contributed by atoms with Crippen LogP contribution in [0, 0.1) is 20.8 Å². The second-order valence-corrected chi connectivity index (χ2v) is 12.3. The molecule has 6 aromatic carbocycles. The summed E-state index contributed by atoms with van der Waals surface area (Å²) in [5, 5.41) is 8.91. The molecule has 0 radical (unpaired) electrons. The average Bonchev–Trinajstić information content (AvgIpc) is 3.77. The van der Waals surface area contributed by atoms with Crippen molar-refractivity contribution in [1.29, 1.82) is 0 Å². The highest BCUT2D eigenvalue weighted by Gasteiger charge is 2.26. The van der Waals surface area contributed by atoms with Crippen molar-refractivity contribution in [3.63, 3.8) is 0 Å². The molecule has 0 bridgehead atoms. The Bertz CT molecular complexity index is 2900. The lowest BCUT2D eigenvalue weighted by Gasteiger charge is -2.17. The number of imidazole rings is 1. The summed E-state index contributed by atoms with van der Waals surface area (Å²) in [5.74, 6) is 0.819. The van der Waals surface area contributed by atoms with Gasteiger partial charge in [0.2, 0.25) is 5.71 Å². The largest absolute Gasteiger partial charge is 0.456 e. The fourth-order valence-corrected chi connectivity index (χ4v) is 7.57. The molecule has 0 unspecified atom stereocenters. The van der Waals surface area contributed by atoms with E-state index in [4.69, 9.17) is 18.8 Å². The van der Waals surface area contributed by atoms with E-state index in [1.807, 2.05) is 25.1 Å². The van der Waals surface area contributed by atoms with Crippen LogP contribution in [0.1, 0.15) is 16.8 Å². The lowest BCUT2D eigenvalue weighted by Crippen LogP contribution is -2.04. The lowest BCUT2D eigenvalue weighted by molar-refractivity contribution is 0.653. The maximum absolute atomic E-state index is 6.57. The molecule has 4 heterocycles. The number of para-hydroxylation sites is 2. The first kappa shape index (κ1) is 25.4. The summed E-state index contributed by atoms with van der Waals surface area (Å²) in [6.07, 6.45) is 0. The van der Waals surface area contributed by atoms with Crippen LogP contribution in [-0.2, 0) is 0 Å². The number of benzene rings is 6. The van der Waals surface area contributed by atoms with Crippen molar-refractivity contribution >= 4 is 76.6 Å². The average molecular weight is 594 g/mol. The molecule has 0 saturated carbocycles. The first-order valence-corrected chi connectivity index (χ1v) is 15.6. The minimum Gasteiger partial charge on any atom is -0.456 e. The van der Waals surface area contributed by atoms with Gasteiger partial charge in [0.05, 0.1) is 22.3 Å². The standard InChI is InChI=1S/C41H27N3O2/c1-22-21-33-27-13-8-9-18-34(27)45-38(33)24(3)36(22)44-37-29-15-7-5-12-26(29)25-11-4-6-14-28(25)35(37)43-40(44)32-17-10-16-30-31-20-19-23(2)42-41(31)46-39(30)32/h4-21H,1-3H3. The van der Waals surface area contributed by atoms with Crippen LogP contribution in [0.15, 0.2) is 118 Å². The van der Waals surface area contributed by atoms with Gasteiger partial charge in [-0.05, 0) is 67.4 Å². The van der Waals surface area contributed by atoms with Crippen LogP contribution in [0.3, 0.4) is 0 Å². The molecule has 0 aliphatic carbocycles. The van der Waals surface area contributed by atoms with Crippen LogP contribution in [0.4, 0.5) is 0 Å². The summed E-state index contributed by atoms with van der Waals surface area (Å²) in [6.45, 7) is 6.35. The molecular weight excluding hydrogens is 566 g/mol. The molecule has 5 heteroatoms. The zero-order chi connectivity index (χ0) is 30.7. The summed E-state index contributed by atoms with van der Waals surface area (Å²) >= 11 is 0. The third kappa shape index (κ3) is 3.29. The normalized spacial score (nSPS) is 12.2. The Kier molecular flexibility index (Phi) is 5.00. The number of rotatable bonds is 2. The predicted octanol–water partition coefficient (Wildman–Crippen LogP) is 11.1. The Morgan fingerprint density at radius 3 is 2.07 bits per heavy atom. The number of fused-ring (bicyclic) bond motifs is 12. The van der Waals surface area contributed by atoms with Gasteiger partial charge < -0.3 is 8.83 Å². The van der Waals surface area contributed by atoms with Crippen LogP contribution < -0.4 is 0 Å². The molecule has 0 aliphatic heterocycles. The number of furan rings is 2. The summed E-state index contributed by atoms with van der Waals surface area (Å²) in [4.78, 5) is 10.3. The molecular formula is C41H27N3O2. The first-order valence-electron chi connectivity index (χ1n) is 15.6. The van der Waals surface area contributed by atoms with Gasteiger partial charge in [-0.3, -0.25) is 4.57 Å². The molecule has 0 fully saturated rings. The maximum Gasteiger partial charge on any atom is 0.227 e. The zero-order valence-electron chi connectivity index (χ0n) is 25.6. The fraction of sp³-hybridized carbons (Fsp3) is 0.0732. The van der Waals surface area contributed by atoms with E-state index in [2.05, 4.69) is 109 Å². The van der Waals surface area contributed by atoms with Crippen LogP contribution in [0.2, 0.25) is 0 Å². The van der Waals surface area contributed by atoms with E-state index >= 15 is 0 Å². The molecule has 0 amide bonds. The zero-order valence-corrected chi connectivity index (χ0v) is 25.6. The van der Waals surface area contributed by atoms with Crippen molar-refractivity contribution in [1.82, 2.24) is 14.5 Å². The number of aromatic nitrogens is 3. The highest BCUT2D eigenvalue weighted by atomic mass is 16.3. The van der Waals surface area contributed by atoms with Crippen LogP contribution in [0.25, 0.3) is 93.7 Å². The van der Waals surface area contributed by atoms with E-state index in [0.29, 0.717) is 5.71 Å². The predicted molar refractivity (Wildman–Crippen MR) is 188 cm³/mol. The molecule has 0 N–H and O–H groups in total. The number of aryl methyl sites for hydroxylation is 3. The first-order chi connectivity index (χ1) is 22.6. The van der Waals surface area contributed by atoms with Gasteiger partial charge in [-0.2, -0.15) is 0 Å². The number of hydrogen-bond acceptors (Lipinski definition) is 4. The molecule has 10 rings (SSSR count). The smallest absolute Gasteiger partial charge is 0.227 e. The Labute approximate surface area is 263 Å². The van der Waals surface area contributed by atoms with Crippen molar-refractivity contribution in [3.05, 3.63) is 126 Å². The number of nitrogens with zero attached hydrogens (tertiary/aromatic N) is 3. The summed E-state index contributed by atoms with van der Waals surface area (Å²) in [5.41, 5.74) is 10.3. The van der Waals surface area contributed by atoms with Gasteiger partial charge in [-0.1, -0.05) is 78.9 Å². The van der Waals surface area contributed by atoms with Gasteiger partial charge in [0.15, 0.2) is 0 Å². The second-order valence-electron chi connectivity index (χ2n) is 12.3. The van der Waals surface area contributed by atoms with Crippen molar-refractivity contribution in [2.24, 2.45) is 0 Å². The highest BCUT2D eigenvalue weighted by molar-refractivity contribution is 6.24. The SMILES string of the molecule is Cc1ccc2c(n1)oc1c(-c3nc4c5ccccc5c5ccccc5c4n3-c3c(C)cc4c(oc5ccccc54)c3C)cccc12. The Hall–Kier alpha value is -5.94. The third-order valence-electron chi connectivity index (χ3n) is 9.56. The molecule has 0 spiro atoms. The number of hydrogen-bond donors (Lipinski definition) is 0. The highest BCUT2D eigenvalue weighted by Crippen LogP contribution is 2.44. The lowest BCUT2D eigenvalue weighted by atomic mass is 9.99. The van der Waals surface area contributed by atoms with E-state index in [9.17, 15) is 0 Å². The molecule has 46 heavy (non-hydrogen) atoms. The minimum atomic E-state index is 0.636. The Morgan fingerprint density at radius 1 is 0.543 bits per heavy atom. The van der Waals surface area contributed by atoms with Gasteiger partial charge in [0.1, 0.15) is 22.6 Å². The minimum absolute atomic E-state index is 0.636. The second kappa shape index (κ2) is 9.05. The van der Waals surface area contributed by atoms with E-state index in [1.54, 1.807) is 0 Å². The van der Waals surface area contributed by atoms with E-state index in [1.165, 1.54) is 10.8 Å². The maximum atomic E-state index is 6.57. The third-order valence-corrected chi connectivity index (χ3v) is 9.56. The molecule has 218 valence electrons. The monoisotopic (exact) mass is 593 g/mol. The fourth-order valence-electron chi connectivity index (χ4n) is 7.57. The molecule has 0 saturated heterocycles. The summed E-state index contributed by atoms with van der Waals surface area (Å²) in [6, 6.07) is 38.2. The van der Waals surface area contributed by atoms with E-state index in [-0.39, 0.29) is 0 Å². The van der Waals surface area contributed by atoms with Gasteiger partial charge in [-0.25, -0.2) is 9.97 Å². The van der Waals surface area contributed by atoms with Crippen LogP contribution in [-0.4, -0.2) is 14.5 Å². The van der Waals surface area contributed by atoms with Gasteiger partial charge in [0, 0.05) is 43.6 Å². The van der Waals surface area contributed by atoms with Crippen molar-refractivity contribution in [3.8, 4) is 17.1 Å². The molecule has 0 aliphatic rings. The van der Waals surface area contributed by atoms with Gasteiger partial charge >= 0.3 is 0 Å². The van der Waals surface area contributed by atoms with Crippen molar-refractivity contribution < 1.29 is 8.83 Å². The van der Waals surface area contributed by atoms with E-state index < -0.39 is 0 Å². The summed E-state index contributed by atoms with van der Waals surface area (Å²) < 4.78 is 15.5. The van der Waals surface area contributed by atoms with Gasteiger partial charge in [-0.15, -0.1) is 0 Å². The number of pyridine rings is 1. The molecule has 0 atom stereocenters.